The highest BCUT2D eigenvalue weighted by Crippen LogP contribution is 2.31. The zero-order chi connectivity index (χ0) is 15.0. The molecule has 0 aromatic heterocycles. The zero-order valence-corrected chi connectivity index (χ0v) is 13.7. The predicted octanol–water partition coefficient (Wildman–Crippen LogP) is 3.47. The van der Waals surface area contributed by atoms with Gasteiger partial charge in [-0.1, -0.05) is 46.5 Å². The molecular formula is C17H34N2O. The van der Waals surface area contributed by atoms with Gasteiger partial charge in [-0.2, -0.15) is 0 Å². The van der Waals surface area contributed by atoms with E-state index in [4.69, 9.17) is 5.73 Å². The SMILES string of the molecule is CCCC(CN)(CCC)C(=O)NCC1CCCC(C)C1. The van der Waals surface area contributed by atoms with Crippen molar-refractivity contribution < 1.29 is 4.79 Å². The van der Waals surface area contributed by atoms with Gasteiger partial charge in [-0.05, 0) is 37.5 Å². The Kier molecular flexibility index (Phi) is 7.57. The van der Waals surface area contributed by atoms with Crippen LogP contribution in [0.3, 0.4) is 0 Å². The number of carbonyl (C=O) groups is 1. The maximum absolute atomic E-state index is 12.6. The first-order valence-electron chi connectivity index (χ1n) is 8.56. The van der Waals surface area contributed by atoms with Crippen LogP contribution in [-0.2, 0) is 4.79 Å². The van der Waals surface area contributed by atoms with E-state index in [2.05, 4.69) is 26.1 Å². The van der Waals surface area contributed by atoms with E-state index in [0.717, 1.165) is 38.1 Å². The lowest BCUT2D eigenvalue weighted by Gasteiger charge is -2.33. The molecule has 20 heavy (non-hydrogen) atoms. The number of nitrogens with one attached hydrogen (secondary N) is 1. The van der Waals surface area contributed by atoms with Crippen molar-refractivity contribution in [2.24, 2.45) is 23.0 Å². The van der Waals surface area contributed by atoms with Crippen LogP contribution < -0.4 is 11.1 Å². The van der Waals surface area contributed by atoms with Crippen molar-refractivity contribution in [3.8, 4) is 0 Å². The van der Waals surface area contributed by atoms with Crippen LogP contribution in [0.5, 0.6) is 0 Å². The molecule has 1 rings (SSSR count). The highest BCUT2D eigenvalue weighted by molar-refractivity contribution is 5.82. The zero-order valence-electron chi connectivity index (χ0n) is 13.7. The topological polar surface area (TPSA) is 55.1 Å². The summed E-state index contributed by atoms with van der Waals surface area (Å²) < 4.78 is 0. The van der Waals surface area contributed by atoms with Gasteiger partial charge in [0.2, 0.25) is 5.91 Å². The third-order valence-corrected chi connectivity index (χ3v) is 4.93. The van der Waals surface area contributed by atoms with Crippen molar-refractivity contribution in [3.05, 3.63) is 0 Å². The molecule has 3 heteroatoms. The molecule has 0 aromatic rings. The largest absolute Gasteiger partial charge is 0.355 e. The van der Waals surface area contributed by atoms with Crippen molar-refractivity contribution in [1.82, 2.24) is 5.32 Å². The van der Waals surface area contributed by atoms with Gasteiger partial charge in [0.25, 0.3) is 0 Å². The molecule has 1 fully saturated rings. The molecule has 3 N–H and O–H groups in total. The van der Waals surface area contributed by atoms with E-state index >= 15 is 0 Å². The molecule has 1 aliphatic rings. The third-order valence-electron chi connectivity index (χ3n) is 4.93. The van der Waals surface area contributed by atoms with Crippen LogP contribution in [0, 0.1) is 17.3 Å². The van der Waals surface area contributed by atoms with Crippen LogP contribution in [0.25, 0.3) is 0 Å². The first-order chi connectivity index (χ1) is 9.57. The first kappa shape index (κ1) is 17.5. The highest BCUT2D eigenvalue weighted by Gasteiger charge is 2.35. The second-order valence-corrected chi connectivity index (χ2v) is 6.83. The monoisotopic (exact) mass is 282 g/mol. The van der Waals surface area contributed by atoms with Crippen molar-refractivity contribution in [1.29, 1.82) is 0 Å². The number of hydrogen-bond donors (Lipinski definition) is 2. The average Bonchev–Trinajstić information content (AvgIpc) is 2.44. The van der Waals surface area contributed by atoms with Gasteiger partial charge in [-0.3, -0.25) is 4.79 Å². The average molecular weight is 282 g/mol. The summed E-state index contributed by atoms with van der Waals surface area (Å²) in [5, 5.41) is 3.22. The van der Waals surface area contributed by atoms with Gasteiger partial charge in [0, 0.05) is 13.1 Å². The van der Waals surface area contributed by atoms with Gasteiger partial charge in [-0.25, -0.2) is 0 Å². The minimum atomic E-state index is -0.330. The molecule has 2 atom stereocenters. The second-order valence-electron chi connectivity index (χ2n) is 6.83. The van der Waals surface area contributed by atoms with Gasteiger partial charge in [0.05, 0.1) is 5.41 Å². The quantitative estimate of drug-likeness (QED) is 0.716. The molecule has 0 heterocycles. The fourth-order valence-electron chi connectivity index (χ4n) is 3.78. The molecular weight excluding hydrogens is 248 g/mol. The van der Waals surface area contributed by atoms with E-state index in [0.29, 0.717) is 12.5 Å². The number of nitrogens with two attached hydrogens (primary N) is 1. The third kappa shape index (κ3) is 4.76. The molecule has 2 unspecified atom stereocenters. The summed E-state index contributed by atoms with van der Waals surface area (Å²) in [6.45, 7) is 7.92. The Bertz CT molecular complexity index is 285. The standard InChI is InChI=1S/C17H34N2O/c1-4-9-17(13-18,10-5-2)16(20)19-12-15-8-6-7-14(3)11-15/h14-15H,4-13,18H2,1-3H3,(H,19,20). The Morgan fingerprint density at radius 3 is 2.40 bits per heavy atom. The number of amides is 1. The molecule has 0 radical (unpaired) electrons. The van der Waals surface area contributed by atoms with Crippen molar-refractivity contribution in [3.63, 3.8) is 0 Å². The Morgan fingerprint density at radius 2 is 1.90 bits per heavy atom. The van der Waals surface area contributed by atoms with Gasteiger partial charge in [0.1, 0.15) is 0 Å². The molecule has 0 saturated heterocycles. The first-order valence-corrected chi connectivity index (χ1v) is 8.56. The minimum absolute atomic E-state index is 0.196. The van der Waals surface area contributed by atoms with E-state index < -0.39 is 0 Å². The molecule has 3 nitrogen and oxygen atoms in total. The molecule has 1 saturated carbocycles. The number of hydrogen-bond acceptors (Lipinski definition) is 2. The molecule has 118 valence electrons. The van der Waals surface area contributed by atoms with Crippen LogP contribution >= 0.6 is 0 Å². The summed E-state index contributed by atoms with van der Waals surface area (Å²) in [4.78, 5) is 12.6. The van der Waals surface area contributed by atoms with Crippen LogP contribution in [0.15, 0.2) is 0 Å². The van der Waals surface area contributed by atoms with Gasteiger partial charge in [0.15, 0.2) is 0 Å². The Morgan fingerprint density at radius 1 is 1.25 bits per heavy atom. The Balaban J connectivity index is 2.52. The maximum atomic E-state index is 12.6. The van der Waals surface area contributed by atoms with E-state index in [1.165, 1.54) is 25.7 Å². The highest BCUT2D eigenvalue weighted by atomic mass is 16.2. The van der Waals surface area contributed by atoms with Crippen molar-refractivity contribution in [2.75, 3.05) is 13.1 Å². The van der Waals surface area contributed by atoms with Crippen LogP contribution in [0.2, 0.25) is 0 Å². The fraction of sp³-hybridized carbons (Fsp3) is 0.941. The molecule has 0 aromatic carbocycles. The molecule has 0 bridgehead atoms. The number of rotatable bonds is 8. The Labute approximate surface area is 125 Å². The molecule has 0 aliphatic heterocycles. The minimum Gasteiger partial charge on any atom is -0.355 e. The summed E-state index contributed by atoms with van der Waals surface area (Å²) in [7, 11) is 0. The smallest absolute Gasteiger partial charge is 0.227 e. The number of carbonyl (C=O) groups excluding carboxylic acids is 1. The summed E-state index contributed by atoms with van der Waals surface area (Å²) in [5.74, 6) is 1.68. The summed E-state index contributed by atoms with van der Waals surface area (Å²) in [6.07, 6.45) is 9.04. The van der Waals surface area contributed by atoms with E-state index in [-0.39, 0.29) is 11.3 Å². The van der Waals surface area contributed by atoms with Crippen LogP contribution in [-0.4, -0.2) is 19.0 Å². The van der Waals surface area contributed by atoms with Crippen LogP contribution in [0.1, 0.15) is 72.1 Å². The van der Waals surface area contributed by atoms with Crippen molar-refractivity contribution in [2.45, 2.75) is 72.1 Å². The van der Waals surface area contributed by atoms with Crippen LogP contribution in [0.4, 0.5) is 0 Å². The normalized spacial score (nSPS) is 23.6. The summed E-state index contributed by atoms with van der Waals surface area (Å²) in [5.41, 5.74) is 5.62. The Hall–Kier alpha value is -0.570. The molecule has 1 aliphatic carbocycles. The fourth-order valence-corrected chi connectivity index (χ4v) is 3.78. The van der Waals surface area contributed by atoms with Gasteiger partial charge >= 0.3 is 0 Å². The van der Waals surface area contributed by atoms with E-state index in [1.807, 2.05) is 0 Å². The maximum Gasteiger partial charge on any atom is 0.227 e. The molecule has 0 spiro atoms. The predicted molar refractivity (Wildman–Crippen MR) is 85.4 cm³/mol. The van der Waals surface area contributed by atoms with E-state index in [9.17, 15) is 4.79 Å². The summed E-state index contributed by atoms with van der Waals surface area (Å²) >= 11 is 0. The van der Waals surface area contributed by atoms with Gasteiger partial charge < -0.3 is 11.1 Å². The van der Waals surface area contributed by atoms with Crippen molar-refractivity contribution >= 4 is 5.91 Å². The summed E-state index contributed by atoms with van der Waals surface area (Å²) in [6, 6.07) is 0. The lowest BCUT2D eigenvalue weighted by atomic mass is 9.78. The lowest BCUT2D eigenvalue weighted by molar-refractivity contribution is -0.131. The second kappa shape index (κ2) is 8.66. The van der Waals surface area contributed by atoms with Gasteiger partial charge in [-0.15, -0.1) is 0 Å². The lowest BCUT2D eigenvalue weighted by Crippen LogP contribution is -2.47. The molecule has 1 amide bonds. The van der Waals surface area contributed by atoms with E-state index in [1.54, 1.807) is 0 Å².